The lowest BCUT2D eigenvalue weighted by Crippen LogP contribution is -2.44. The van der Waals surface area contributed by atoms with E-state index in [0.717, 1.165) is 56.3 Å². The number of nitrogens with zero attached hydrogens (tertiary/aromatic N) is 5. The summed E-state index contributed by atoms with van der Waals surface area (Å²) in [5, 5.41) is 4.16. The van der Waals surface area contributed by atoms with E-state index in [4.69, 9.17) is 14.0 Å². The molecule has 3 aliphatic rings. The molecule has 29 heavy (non-hydrogen) atoms. The maximum absolute atomic E-state index is 5.79. The van der Waals surface area contributed by atoms with Crippen LogP contribution in [0, 0.1) is 5.92 Å². The van der Waals surface area contributed by atoms with Gasteiger partial charge in [0.25, 0.3) is 0 Å². The summed E-state index contributed by atoms with van der Waals surface area (Å²) in [4.78, 5) is 13.9. The smallest absolute Gasteiger partial charge is 0.241 e. The van der Waals surface area contributed by atoms with Crippen LogP contribution in [-0.2, 0) is 16.0 Å². The van der Waals surface area contributed by atoms with Crippen molar-refractivity contribution >= 4 is 5.82 Å². The highest BCUT2D eigenvalue weighted by atomic mass is 16.7. The topological polar surface area (TPSA) is 76.8 Å². The van der Waals surface area contributed by atoms with Gasteiger partial charge >= 0.3 is 0 Å². The quantitative estimate of drug-likeness (QED) is 0.777. The lowest BCUT2D eigenvalue weighted by atomic mass is 10.0. The maximum atomic E-state index is 5.79. The lowest BCUT2D eigenvalue weighted by Gasteiger charge is -2.36. The van der Waals surface area contributed by atoms with Crippen molar-refractivity contribution in [2.45, 2.75) is 44.9 Å². The highest BCUT2D eigenvalue weighted by molar-refractivity contribution is 5.55. The molecule has 5 rings (SSSR count). The Morgan fingerprint density at radius 1 is 1.14 bits per heavy atom. The van der Waals surface area contributed by atoms with Gasteiger partial charge in [0.2, 0.25) is 11.7 Å². The number of rotatable bonds is 4. The first-order chi connectivity index (χ1) is 14.2. The van der Waals surface area contributed by atoms with Gasteiger partial charge in [-0.3, -0.25) is 4.90 Å². The number of aromatic nitrogens is 3. The van der Waals surface area contributed by atoms with E-state index < -0.39 is 0 Å². The molecule has 0 radical (unpaired) electrons. The average molecular weight is 399 g/mol. The molecule has 5 heterocycles. The van der Waals surface area contributed by atoms with Gasteiger partial charge in [-0.25, -0.2) is 4.98 Å². The number of hydrogen-bond donors (Lipinski definition) is 0. The maximum Gasteiger partial charge on any atom is 0.241 e. The molecule has 156 valence electrons. The SMILES string of the molecule is C[C@H]1CCCN(c2ccc(-c3noc(CN4CCC5(CC4)OCCO5)n3)cn2)C1. The molecule has 3 fully saturated rings. The van der Waals surface area contributed by atoms with Crippen molar-refractivity contribution in [2.24, 2.45) is 5.92 Å². The van der Waals surface area contributed by atoms with Crippen LogP contribution in [0.1, 0.15) is 38.5 Å². The second-order valence-corrected chi connectivity index (χ2v) is 8.49. The van der Waals surface area contributed by atoms with Gasteiger partial charge in [0.1, 0.15) is 5.82 Å². The third-order valence-electron chi connectivity index (χ3n) is 6.25. The van der Waals surface area contributed by atoms with Gasteiger partial charge < -0.3 is 18.9 Å². The average Bonchev–Trinajstić information content (AvgIpc) is 3.40. The summed E-state index contributed by atoms with van der Waals surface area (Å²) >= 11 is 0. The van der Waals surface area contributed by atoms with Gasteiger partial charge in [0, 0.05) is 50.8 Å². The summed E-state index contributed by atoms with van der Waals surface area (Å²) in [5.41, 5.74) is 0.888. The zero-order valence-electron chi connectivity index (χ0n) is 17.0. The van der Waals surface area contributed by atoms with E-state index >= 15 is 0 Å². The minimum atomic E-state index is -0.351. The van der Waals surface area contributed by atoms with Gasteiger partial charge in [-0.2, -0.15) is 4.98 Å². The van der Waals surface area contributed by atoms with E-state index in [2.05, 4.69) is 37.9 Å². The summed E-state index contributed by atoms with van der Waals surface area (Å²) in [5.74, 6) is 2.64. The number of hydrogen-bond acceptors (Lipinski definition) is 8. The summed E-state index contributed by atoms with van der Waals surface area (Å²) in [7, 11) is 0. The number of likely N-dealkylation sites (tertiary alicyclic amines) is 1. The van der Waals surface area contributed by atoms with Gasteiger partial charge in [-0.05, 0) is 30.9 Å². The molecule has 1 atom stereocenters. The van der Waals surface area contributed by atoms with Gasteiger partial charge in [-0.1, -0.05) is 12.1 Å². The molecule has 8 heteroatoms. The second kappa shape index (κ2) is 8.01. The Balaban J connectivity index is 1.19. The Morgan fingerprint density at radius 2 is 1.97 bits per heavy atom. The summed E-state index contributed by atoms with van der Waals surface area (Å²) < 4.78 is 17.1. The first-order valence-corrected chi connectivity index (χ1v) is 10.7. The van der Waals surface area contributed by atoms with Crippen LogP contribution in [0.4, 0.5) is 5.82 Å². The molecule has 3 saturated heterocycles. The molecule has 0 unspecified atom stereocenters. The molecule has 0 aromatic carbocycles. The molecule has 1 spiro atoms. The summed E-state index contributed by atoms with van der Waals surface area (Å²) in [6.07, 6.45) is 6.15. The first-order valence-electron chi connectivity index (χ1n) is 10.7. The molecule has 0 N–H and O–H groups in total. The van der Waals surface area contributed by atoms with E-state index in [0.29, 0.717) is 31.5 Å². The van der Waals surface area contributed by atoms with Crippen LogP contribution in [0.25, 0.3) is 11.4 Å². The number of ether oxygens (including phenoxy) is 2. The minimum Gasteiger partial charge on any atom is -0.356 e. The molecule has 0 aliphatic carbocycles. The van der Waals surface area contributed by atoms with Crippen molar-refractivity contribution in [3.05, 3.63) is 24.2 Å². The fourth-order valence-corrected chi connectivity index (χ4v) is 4.57. The third kappa shape index (κ3) is 4.15. The monoisotopic (exact) mass is 399 g/mol. The van der Waals surface area contributed by atoms with Crippen molar-refractivity contribution in [3.63, 3.8) is 0 Å². The van der Waals surface area contributed by atoms with Crippen molar-refractivity contribution < 1.29 is 14.0 Å². The molecular formula is C21H29N5O3. The molecule has 0 bridgehead atoms. The van der Waals surface area contributed by atoms with Crippen LogP contribution in [0.15, 0.2) is 22.9 Å². The fraction of sp³-hybridized carbons (Fsp3) is 0.667. The van der Waals surface area contributed by atoms with Crippen LogP contribution in [0.2, 0.25) is 0 Å². The predicted octanol–water partition coefficient (Wildman–Crippen LogP) is 2.71. The normalized spacial score (nSPS) is 25.0. The largest absolute Gasteiger partial charge is 0.356 e. The van der Waals surface area contributed by atoms with Crippen LogP contribution in [0.5, 0.6) is 0 Å². The minimum absolute atomic E-state index is 0.351. The predicted molar refractivity (Wildman–Crippen MR) is 107 cm³/mol. The Bertz CT molecular complexity index is 808. The van der Waals surface area contributed by atoms with Crippen molar-refractivity contribution in [1.82, 2.24) is 20.0 Å². The van der Waals surface area contributed by atoms with Crippen LogP contribution in [0.3, 0.4) is 0 Å². The summed E-state index contributed by atoms with van der Waals surface area (Å²) in [6, 6.07) is 4.10. The zero-order valence-corrected chi connectivity index (χ0v) is 17.0. The van der Waals surface area contributed by atoms with Crippen molar-refractivity contribution in [2.75, 3.05) is 44.3 Å². The molecule has 3 aliphatic heterocycles. The lowest BCUT2D eigenvalue weighted by molar-refractivity contribution is -0.186. The molecule has 0 saturated carbocycles. The Morgan fingerprint density at radius 3 is 2.69 bits per heavy atom. The van der Waals surface area contributed by atoms with Crippen LogP contribution >= 0.6 is 0 Å². The highest BCUT2D eigenvalue weighted by Crippen LogP contribution is 2.31. The van der Waals surface area contributed by atoms with Crippen molar-refractivity contribution in [1.29, 1.82) is 0 Å². The molecular weight excluding hydrogens is 370 g/mol. The standard InChI is InChI=1S/C21H29N5O3/c1-16-3-2-8-26(14-16)18-5-4-17(13-22-18)20-23-19(29-24-20)15-25-9-6-21(7-10-25)27-11-12-28-21/h4-5,13,16H,2-3,6-12,14-15H2,1H3/t16-/m0/s1. The van der Waals surface area contributed by atoms with Crippen LogP contribution < -0.4 is 4.90 Å². The molecule has 0 amide bonds. The van der Waals surface area contributed by atoms with Crippen molar-refractivity contribution in [3.8, 4) is 11.4 Å². The zero-order chi connectivity index (χ0) is 19.7. The fourth-order valence-electron chi connectivity index (χ4n) is 4.57. The van der Waals surface area contributed by atoms with E-state index in [1.54, 1.807) is 0 Å². The number of piperidine rings is 2. The van der Waals surface area contributed by atoms with E-state index in [1.165, 1.54) is 12.8 Å². The van der Waals surface area contributed by atoms with Crippen LogP contribution in [-0.4, -0.2) is 65.2 Å². The summed E-state index contributed by atoms with van der Waals surface area (Å²) in [6.45, 7) is 8.33. The van der Waals surface area contributed by atoms with Gasteiger partial charge in [-0.15, -0.1) is 0 Å². The van der Waals surface area contributed by atoms with Gasteiger partial charge in [0.15, 0.2) is 5.79 Å². The number of pyridine rings is 1. The van der Waals surface area contributed by atoms with Gasteiger partial charge in [0.05, 0.1) is 19.8 Å². The first kappa shape index (κ1) is 19.0. The van der Waals surface area contributed by atoms with E-state index in [1.807, 2.05) is 12.3 Å². The van der Waals surface area contributed by atoms with E-state index in [9.17, 15) is 0 Å². The molecule has 2 aromatic rings. The Labute approximate surface area is 171 Å². The molecule has 2 aromatic heterocycles. The second-order valence-electron chi connectivity index (χ2n) is 8.49. The Hall–Kier alpha value is -2.03. The van der Waals surface area contributed by atoms with E-state index in [-0.39, 0.29) is 5.79 Å². The molecule has 8 nitrogen and oxygen atoms in total. The Kier molecular flexibility index (Phi) is 5.24. The third-order valence-corrected chi connectivity index (χ3v) is 6.25. The number of anilines is 1. The highest BCUT2D eigenvalue weighted by Gasteiger charge is 2.39.